The summed E-state index contributed by atoms with van der Waals surface area (Å²) in [6.07, 6.45) is 4.63. The first-order valence-corrected chi connectivity index (χ1v) is 9.48. The Hall–Kier alpha value is -2.12. The molecule has 3 N–H and O–H groups in total. The van der Waals surface area contributed by atoms with Crippen LogP contribution in [0.2, 0.25) is 0 Å². The molecule has 1 aromatic carbocycles. The van der Waals surface area contributed by atoms with Gasteiger partial charge in [0, 0.05) is 10.9 Å². The van der Waals surface area contributed by atoms with E-state index in [2.05, 4.69) is 10.3 Å². The average Bonchev–Trinajstić information content (AvgIpc) is 3.10. The molecule has 0 spiro atoms. The van der Waals surface area contributed by atoms with Crippen LogP contribution < -0.4 is 20.5 Å². The molecule has 1 amide bonds. The van der Waals surface area contributed by atoms with Gasteiger partial charge in [0.1, 0.15) is 13.2 Å². The van der Waals surface area contributed by atoms with E-state index in [1.807, 2.05) is 23.6 Å². The van der Waals surface area contributed by atoms with E-state index in [4.69, 9.17) is 15.2 Å². The van der Waals surface area contributed by atoms with Gasteiger partial charge >= 0.3 is 0 Å². The standard InChI is InChI=1S/C18H21N3O3S/c19-18(6-2-1-3-7-18)16(22)21-17-20-13(11-25-17)12-4-5-14-15(10-12)24-9-8-23-14/h4-5,10-11H,1-3,6-9,19H2,(H,20,21,22). The number of fused-ring (bicyclic) bond motifs is 1. The second-order valence-electron chi connectivity index (χ2n) is 6.57. The number of thiazole rings is 1. The predicted octanol–water partition coefficient (Wildman–Crippen LogP) is 3.18. The molecule has 6 nitrogen and oxygen atoms in total. The first-order chi connectivity index (χ1) is 12.1. The van der Waals surface area contributed by atoms with Gasteiger partial charge in [-0.05, 0) is 31.0 Å². The molecule has 1 saturated carbocycles. The van der Waals surface area contributed by atoms with Crippen LogP contribution in [0.1, 0.15) is 32.1 Å². The zero-order chi connectivity index (χ0) is 17.3. The van der Waals surface area contributed by atoms with Gasteiger partial charge in [-0.2, -0.15) is 0 Å². The largest absolute Gasteiger partial charge is 0.486 e. The molecular weight excluding hydrogens is 338 g/mol. The summed E-state index contributed by atoms with van der Waals surface area (Å²) in [4.78, 5) is 17.1. The number of carbonyl (C=O) groups excluding carboxylic acids is 1. The number of rotatable bonds is 3. The molecule has 7 heteroatoms. The molecule has 0 unspecified atom stereocenters. The van der Waals surface area contributed by atoms with Crippen molar-refractivity contribution < 1.29 is 14.3 Å². The van der Waals surface area contributed by atoms with Crippen LogP contribution in [0.5, 0.6) is 11.5 Å². The van der Waals surface area contributed by atoms with E-state index in [1.54, 1.807) is 0 Å². The molecule has 1 aliphatic heterocycles. The van der Waals surface area contributed by atoms with Crippen molar-refractivity contribution in [3.05, 3.63) is 23.6 Å². The van der Waals surface area contributed by atoms with Gasteiger partial charge in [0.05, 0.1) is 11.2 Å². The molecule has 0 radical (unpaired) electrons. The summed E-state index contributed by atoms with van der Waals surface area (Å²) in [6, 6.07) is 5.75. The Kier molecular flexibility index (Phi) is 4.35. The summed E-state index contributed by atoms with van der Waals surface area (Å²) in [6.45, 7) is 1.12. The molecule has 0 atom stereocenters. The van der Waals surface area contributed by atoms with E-state index in [9.17, 15) is 4.79 Å². The summed E-state index contributed by atoms with van der Waals surface area (Å²) < 4.78 is 11.2. The molecular formula is C18H21N3O3S. The maximum atomic E-state index is 12.5. The monoisotopic (exact) mass is 359 g/mol. The second kappa shape index (κ2) is 6.65. The summed E-state index contributed by atoms with van der Waals surface area (Å²) in [5.74, 6) is 1.35. The van der Waals surface area contributed by atoms with Gasteiger partial charge < -0.3 is 20.5 Å². The van der Waals surface area contributed by atoms with E-state index in [0.29, 0.717) is 18.3 Å². The molecule has 4 rings (SSSR count). The fourth-order valence-corrected chi connectivity index (χ4v) is 4.01. The third-order valence-electron chi connectivity index (χ3n) is 4.76. The molecule has 1 aromatic heterocycles. The lowest BCUT2D eigenvalue weighted by Crippen LogP contribution is -2.52. The van der Waals surface area contributed by atoms with E-state index < -0.39 is 5.54 Å². The van der Waals surface area contributed by atoms with E-state index in [0.717, 1.165) is 54.9 Å². The van der Waals surface area contributed by atoms with Crippen LogP contribution >= 0.6 is 11.3 Å². The molecule has 132 valence electrons. The third-order valence-corrected chi connectivity index (χ3v) is 5.52. The predicted molar refractivity (Wildman–Crippen MR) is 97.2 cm³/mol. The SMILES string of the molecule is NC1(C(=O)Nc2nc(-c3ccc4c(c3)OCCO4)cs2)CCCCC1. The highest BCUT2D eigenvalue weighted by atomic mass is 32.1. The quantitative estimate of drug-likeness (QED) is 0.879. The van der Waals surface area contributed by atoms with Crippen molar-refractivity contribution in [2.75, 3.05) is 18.5 Å². The second-order valence-corrected chi connectivity index (χ2v) is 7.43. The zero-order valence-corrected chi connectivity index (χ0v) is 14.7. The minimum atomic E-state index is -0.763. The van der Waals surface area contributed by atoms with Crippen LogP contribution in [0.3, 0.4) is 0 Å². The highest BCUT2D eigenvalue weighted by Crippen LogP contribution is 2.35. The van der Waals surface area contributed by atoms with Gasteiger partial charge in [-0.25, -0.2) is 4.98 Å². The smallest absolute Gasteiger partial charge is 0.246 e. The molecule has 2 aromatic rings. The van der Waals surface area contributed by atoms with Crippen LogP contribution in [0.25, 0.3) is 11.3 Å². The number of anilines is 1. The normalized spacial score (nSPS) is 18.6. The fourth-order valence-electron chi connectivity index (χ4n) is 3.30. The number of aromatic nitrogens is 1. The Morgan fingerprint density at radius 3 is 2.72 bits per heavy atom. The highest BCUT2D eigenvalue weighted by molar-refractivity contribution is 7.14. The summed E-state index contributed by atoms with van der Waals surface area (Å²) in [7, 11) is 0. The first kappa shape index (κ1) is 16.4. The number of nitrogens with zero attached hydrogens (tertiary/aromatic N) is 1. The molecule has 0 bridgehead atoms. The number of nitrogens with two attached hydrogens (primary N) is 1. The van der Waals surface area contributed by atoms with Crippen molar-refractivity contribution in [2.24, 2.45) is 5.73 Å². The molecule has 2 aliphatic rings. The Morgan fingerprint density at radius 2 is 1.92 bits per heavy atom. The minimum absolute atomic E-state index is 0.129. The first-order valence-electron chi connectivity index (χ1n) is 8.60. The number of nitrogens with one attached hydrogen (secondary N) is 1. The molecule has 25 heavy (non-hydrogen) atoms. The van der Waals surface area contributed by atoms with E-state index in [-0.39, 0.29) is 5.91 Å². The van der Waals surface area contributed by atoms with Crippen molar-refractivity contribution in [3.8, 4) is 22.8 Å². The van der Waals surface area contributed by atoms with E-state index in [1.165, 1.54) is 11.3 Å². The minimum Gasteiger partial charge on any atom is -0.486 e. The van der Waals surface area contributed by atoms with Crippen molar-refractivity contribution in [1.29, 1.82) is 0 Å². The fraction of sp³-hybridized carbons (Fsp3) is 0.444. The van der Waals surface area contributed by atoms with Crippen LogP contribution in [-0.2, 0) is 4.79 Å². The van der Waals surface area contributed by atoms with Crippen LogP contribution in [0.15, 0.2) is 23.6 Å². The molecule has 0 saturated heterocycles. The van der Waals surface area contributed by atoms with Crippen LogP contribution in [0.4, 0.5) is 5.13 Å². The Balaban J connectivity index is 1.49. The topological polar surface area (TPSA) is 86.5 Å². The Labute approximate surface area is 150 Å². The summed E-state index contributed by atoms with van der Waals surface area (Å²) in [5.41, 5.74) is 7.25. The van der Waals surface area contributed by atoms with Crippen molar-refractivity contribution in [2.45, 2.75) is 37.6 Å². The van der Waals surface area contributed by atoms with Crippen molar-refractivity contribution >= 4 is 22.4 Å². The van der Waals surface area contributed by atoms with Gasteiger partial charge in [-0.3, -0.25) is 4.79 Å². The Bertz CT molecular complexity index is 784. The Morgan fingerprint density at radius 1 is 1.16 bits per heavy atom. The maximum absolute atomic E-state index is 12.5. The number of hydrogen-bond donors (Lipinski definition) is 2. The lowest BCUT2D eigenvalue weighted by atomic mass is 9.82. The van der Waals surface area contributed by atoms with Crippen molar-refractivity contribution in [3.63, 3.8) is 0 Å². The van der Waals surface area contributed by atoms with Gasteiger partial charge in [0.15, 0.2) is 16.6 Å². The molecule has 1 aliphatic carbocycles. The van der Waals surface area contributed by atoms with Crippen molar-refractivity contribution in [1.82, 2.24) is 4.98 Å². The van der Waals surface area contributed by atoms with Crippen LogP contribution in [-0.4, -0.2) is 29.6 Å². The number of ether oxygens (including phenoxy) is 2. The average molecular weight is 359 g/mol. The number of benzene rings is 1. The number of carbonyl (C=O) groups is 1. The lowest BCUT2D eigenvalue weighted by molar-refractivity contribution is -0.122. The van der Waals surface area contributed by atoms with Gasteiger partial charge in [-0.1, -0.05) is 19.3 Å². The summed E-state index contributed by atoms with van der Waals surface area (Å²) in [5, 5.41) is 5.39. The number of hydrogen-bond acceptors (Lipinski definition) is 6. The van der Waals surface area contributed by atoms with Crippen LogP contribution in [0, 0.1) is 0 Å². The molecule has 1 fully saturated rings. The zero-order valence-electron chi connectivity index (χ0n) is 13.9. The molecule has 2 heterocycles. The van der Waals surface area contributed by atoms with E-state index >= 15 is 0 Å². The number of amides is 1. The summed E-state index contributed by atoms with van der Waals surface area (Å²) >= 11 is 1.40. The van der Waals surface area contributed by atoms with Gasteiger partial charge in [0.2, 0.25) is 5.91 Å². The highest BCUT2D eigenvalue weighted by Gasteiger charge is 2.35. The maximum Gasteiger partial charge on any atom is 0.246 e. The van der Waals surface area contributed by atoms with Gasteiger partial charge in [0.25, 0.3) is 0 Å². The third kappa shape index (κ3) is 3.34. The lowest BCUT2D eigenvalue weighted by Gasteiger charge is -2.31. The van der Waals surface area contributed by atoms with Gasteiger partial charge in [-0.15, -0.1) is 11.3 Å².